The second kappa shape index (κ2) is 4.40. The van der Waals surface area contributed by atoms with Gasteiger partial charge in [-0.25, -0.2) is 13.8 Å². The summed E-state index contributed by atoms with van der Waals surface area (Å²) in [5, 5.41) is 0. The molecule has 3 rings (SSSR count). The third kappa shape index (κ3) is 2.31. The van der Waals surface area contributed by atoms with E-state index in [4.69, 9.17) is 0 Å². The van der Waals surface area contributed by atoms with E-state index in [1.165, 1.54) is 4.40 Å². The topological polar surface area (TPSA) is 20.5 Å². The summed E-state index contributed by atoms with van der Waals surface area (Å²) in [6.45, 7) is 0.487. The molecule has 0 N–H and O–H groups in total. The van der Waals surface area contributed by atoms with Crippen LogP contribution in [0.15, 0.2) is 22.9 Å². The Labute approximate surface area is 116 Å². The minimum absolute atomic E-state index is 0.186. The maximum absolute atomic E-state index is 13.5. The molecule has 0 spiro atoms. The van der Waals surface area contributed by atoms with E-state index < -0.39 is 11.9 Å². The highest BCUT2D eigenvalue weighted by molar-refractivity contribution is 9.10. The molecule has 0 saturated carbocycles. The third-order valence-electron chi connectivity index (χ3n) is 3.34. The average Bonchev–Trinajstić information content (AvgIpc) is 2.71. The number of hydrogen-bond acceptors (Lipinski definition) is 2. The minimum atomic E-state index is -2.60. The number of alkyl halides is 2. The van der Waals surface area contributed by atoms with Crippen LogP contribution in [0.3, 0.4) is 0 Å². The lowest BCUT2D eigenvalue weighted by atomic mass is 10.1. The number of fused-ring (bicyclic) bond motifs is 1. The number of piperidine rings is 1. The number of halogens is 4. The van der Waals surface area contributed by atoms with E-state index in [1.54, 1.807) is 12.3 Å². The van der Waals surface area contributed by atoms with Crippen molar-refractivity contribution >= 4 is 27.3 Å². The molecule has 1 saturated heterocycles. The van der Waals surface area contributed by atoms with E-state index in [2.05, 4.69) is 20.9 Å². The highest BCUT2D eigenvalue weighted by Crippen LogP contribution is 2.33. The molecule has 0 aliphatic carbocycles. The van der Waals surface area contributed by atoms with E-state index in [-0.39, 0.29) is 25.9 Å². The smallest absolute Gasteiger partial charge is 0.251 e. The quantitative estimate of drug-likeness (QED) is 0.796. The summed E-state index contributed by atoms with van der Waals surface area (Å²) < 4.78 is 41.9. The van der Waals surface area contributed by atoms with E-state index in [1.807, 2.05) is 4.90 Å². The molecule has 1 fully saturated rings. The van der Waals surface area contributed by atoms with Crippen molar-refractivity contribution in [3.05, 3.63) is 28.9 Å². The van der Waals surface area contributed by atoms with Crippen LogP contribution in [0.25, 0.3) is 5.65 Å². The fourth-order valence-corrected chi connectivity index (χ4v) is 2.74. The van der Waals surface area contributed by atoms with E-state index >= 15 is 0 Å². The molecular weight excluding hydrogens is 323 g/mol. The maximum Gasteiger partial charge on any atom is 0.251 e. The lowest BCUT2D eigenvalue weighted by Gasteiger charge is -2.33. The van der Waals surface area contributed by atoms with Gasteiger partial charge in [0.25, 0.3) is 5.92 Å². The van der Waals surface area contributed by atoms with Crippen LogP contribution in [-0.4, -0.2) is 28.4 Å². The van der Waals surface area contributed by atoms with Gasteiger partial charge in [-0.1, -0.05) is 0 Å². The lowest BCUT2D eigenvalue weighted by Crippen LogP contribution is -2.39. The number of pyridine rings is 1. The monoisotopic (exact) mass is 333 g/mol. The van der Waals surface area contributed by atoms with Gasteiger partial charge in [-0.3, -0.25) is 4.40 Å². The van der Waals surface area contributed by atoms with Crippen molar-refractivity contribution in [2.24, 2.45) is 0 Å². The Balaban J connectivity index is 2.01. The van der Waals surface area contributed by atoms with Crippen LogP contribution in [0.2, 0.25) is 0 Å². The molecule has 0 atom stereocenters. The summed E-state index contributed by atoms with van der Waals surface area (Å²) in [4.78, 5) is 5.83. The number of aromatic nitrogens is 2. The van der Waals surface area contributed by atoms with Crippen LogP contribution >= 0.6 is 15.9 Å². The average molecular weight is 334 g/mol. The van der Waals surface area contributed by atoms with Crippen molar-refractivity contribution in [2.75, 3.05) is 18.0 Å². The molecule has 102 valence electrons. The Morgan fingerprint density at radius 1 is 1.26 bits per heavy atom. The van der Waals surface area contributed by atoms with Crippen molar-refractivity contribution < 1.29 is 13.2 Å². The molecule has 2 aromatic rings. The first-order valence-electron chi connectivity index (χ1n) is 5.91. The van der Waals surface area contributed by atoms with E-state index in [0.717, 1.165) is 6.20 Å². The van der Waals surface area contributed by atoms with Crippen LogP contribution < -0.4 is 4.90 Å². The Hall–Kier alpha value is -1.24. The standard InChI is InChI=1S/C12H11BrF3N3/c13-8-5-9(11-17-6-10(14)19(11)7-8)18-3-1-12(15,16)2-4-18/h5-7H,1-4H2. The van der Waals surface area contributed by atoms with Gasteiger partial charge >= 0.3 is 0 Å². The molecule has 0 aromatic carbocycles. The zero-order chi connectivity index (χ0) is 13.6. The number of hydrogen-bond donors (Lipinski definition) is 0. The Kier molecular flexibility index (Phi) is 2.96. The predicted octanol–water partition coefficient (Wildman–Crippen LogP) is 3.47. The summed E-state index contributed by atoms with van der Waals surface area (Å²) in [7, 11) is 0. The number of nitrogens with zero attached hydrogens (tertiary/aromatic N) is 3. The molecular formula is C12H11BrF3N3. The van der Waals surface area contributed by atoms with Gasteiger partial charge in [-0.05, 0) is 22.0 Å². The van der Waals surface area contributed by atoms with Crippen LogP contribution in [0, 0.1) is 5.95 Å². The van der Waals surface area contributed by atoms with E-state index in [9.17, 15) is 13.2 Å². The zero-order valence-corrected chi connectivity index (χ0v) is 11.5. The fraction of sp³-hybridized carbons (Fsp3) is 0.417. The summed E-state index contributed by atoms with van der Waals surface area (Å²) in [5.41, 5.74) is 1.12. The summed E-state index contributed by atoms with van der Waals surface area (Å²) in [6, 6.07) is 1.78. The Morgan fingerprint density at radius 3 is 2.63 bits per heavy atom. The van der Waals surface area contributed by atoms with Gasteiger partial charge in [0.15, 0.2) is 5.65 Å². The molecule has 7 heteroatoms. The van der Waals surface area contributed by atoms with Gasteiger partial charge in [-0.2, -0.15) is 4.39 Å². The van der Waals surface area contributed by atoms with Gasteiger partial charge in [0.1, 0.15) is 0 Å². The predicted molar refractivity (Wildman–Crippen MR) is 69.2 cm³/mol. The molecule has 0 bridgehead atoms. The molecule has 3 heterocycles. The molecule has 0 unspecified atom stereocenters. The first-order valence-corrected chi connectivity index (χ1v) is 6.70. The summed E-state index contributed by atoms with van der Waals surface area (Å²) >= 11 is 3.30. The summed E-state index contributed by atoms with van der Waals surface area (Å²) in [5.74, 6) is -3.07. The third-order valence-corrected chi connectivity index (χ3v) is 3.78. The number of rotatable bonds is 1. The highest BCUT2D eigenvalue weighted by atomic mass is 79.9. The zero-order valence-electron chi connectivity index (χ0n) is 9.91. The van der Waals surface area contributed by atoms with Crippen LogP contribution in [-0.2, 0) is 0 Å². The molecule has 0 amide bonds. The molecule has 2 aromatic heterocycles. The van der Waals surface area contributed by atoms with Crippen molar-refractivity contribution in [3.63, 3.8) is 0 Å². The van der Waals surface area contributed by atoms with Gasteiger partial charge in [0.05, 0.1) is 11.9 Å². The first kappa shape index (κ1) is 12.8. The largest absolute Gasteiger partial charge is 0.368 e. The normalized spacial score (nSPS) is 19.1. The van der Waals surface area contributed by atoms with Crippen LogP contribution in [0.5, 0.6) is 0 Å². The second-order valence-electron chi connectivity index (χ2n) is 4.66. The van der Waals surface area contributed by atoms with Gasteiger partial charge in [0.2, 0.25) is 5.95 Å². The summed E-state index contributed by atoms with van der Waals surface area (Å²) in [6.07, 6.45) is 2.33. The molecule has 19 heavy (non-hydrogen) atoms. The maximum atomic E-state index is 13.5. The molecule has 1 aliphatic heterocycles. The van der Waals surface area contributed by atoms with E-state index in [0.29, 0.717) is 15.8 Å². The Bertz CT molecular complexity index is 616. The van der Waals surface area contributed by atoms with Crippen molar-refractivity contribution in [3.8, 4) is 0 Å². The van der Waals surface area contributed by atoms with Crippen LogP contribution in [0.4, 0.5) is 18.9 Å². The SMILES string of the molecule is Fc1cnc2c(N3CCC(F)(F)CC3)cc(Br)cn12. The second-order valence-corrected chi connectivity index (χ2v) is 5.58. The van der Waals surface area contributed by atoms with Gasteiger partial charge < -0.3 is 4.90 Å². The Morgan fingerprint density at radius 2 is 1.95 bits per heavy atom. The van der Waals surface area contributed by atoms with Crippen molar-refractivity contribution in [1.82, 2.24) is 9.38 Å². The minimum Gasteiger partial charge on any atom is -0.368 e. The lowest BCUT2D eigenvalue weighted by molar-refractivity contribution is -0.0220. The van der Waals surface area contributed by atoms with Crippen molar-refractivity contribution in [1.29, 1.82) is 0 Å². The first-order chi connectivity index (χ1) is 8.96. The van der Waals surface area contributed by atoms with Gasteiger partial charge in [0, 0.05) is 36.6 Å². The number of anilines is 1. The number of imidazole rings is 1. The van der Waals surface area contributed by atoms with Gasteiger partial charge in [-0.15, -0.1) is 0 Å². The molecule has 1 aliphatic rings. The van der Waals surface area contributed by atoms with Crippen LogP contribution in [0.1, 0.15) is 12.8 Å². The molecule has 3 nitrogen and oxygen atoms in total. The highest BCUT2D eigenvalue weighted by Gasteiger charge is 2.34. The van der Waals surface area contributed by atoms with Crippen molar-refractivity contribution in [2.45, 2.75) is 18.8 Å². The molecule has 0 radical (unpaired) electrons. The fourth-order valence-electron chi connectivity index (χ4n) is 2.32.